The summed E-state index contributed by atoms with van der Waals surface area (Å²) in [4.78, 5) is 11.3. The monoisotopic (exact) mass is 348 g/mol. The highest BCUT2D eigenvalue weighted by atomic mass is 16.5. The first-order chi connectivity index (χ1) is 12.8. The van der Waals surface area contributed by atoms with Gasteiger partial charge in [-0.15, -0.1) is 0 Å². The van der Waals surface area contributed by atoms with Gasteiger partial charge in [0.1, 0.15) is 5.75 Å². The molecule has 0 spiro atoms. The average molecular weight is 348 g/mol. The number of hydrogen-bond donors (Lipinski definition) is 1. The van der Waals surface area contributed by atoms with Crippen molar-refractivity contribution in [3.05, 3.63) is 59.9 Å². The number of ether oxygens (including phenoxy) is 1. The van der Waals surface area contributed by atoms with Gasteiger partial charge in [-0.25, -0.2) is 9.97 Å². The SMILES string of the molecule is COc1ccc2cc(CNCc3cnc(N4CCCC4)nc3)ccc2c1. The Kier molecular flexibility index (Phi) is 4.97. The van der Waals surface area contributed by atoms with Crippen molar-refractivity contribution in [1.82, 2.24) is 15.3 Å². The lowest BCUT2D eigenvalue weighted by Gasteiger charge is -2.14. The smallest absolute Gasteiger partial charge is 0.225 e. The minimum atomic E-state index is 0.765. The van der Waals surface area contributed by atoms with Crippen LogP contribution in [0.1, 0.15) is 24.0 Å². The molecule has 2 aromatic carbocycles. The maximum absolute atomic E-state index is 5.28. The van der Waals surface area contributed by atoms with Crippen molar-refractivity contribution in [2.24, 2.45) is 0 Å². The average Bonchev–Trinajstić information content (AvgIpc) is 3.23. The van der Waals surface area contributed by atoms with E-state index in [1.807, 2.05) is 18.5 Å². The van der Waals surface area contributed by atoms with Gasteiger partial charge in [0.05, 0.1) is 7.11 Å². The molecule has 5 nitrogen and oxygen atoms in total. The first-order valence-corrected chi connectivity index (χ1v) is 9.15. The number of benzene rings is 2. The van der Waals surface area contributed by atoms with E-state index in [0.29, 0.717) is 0 Å². The van der Waals surface area contributed by atoms with Crippen LogP contribution in [0.3, 0.4) is 0 Å². The van der Waals surface area contributed by atoms with E-state index in [9.17, 15) is 0 Å². The molecule has 2 heterocycles. The summed E-state index contributed by atoms with van der Waals surface area (Å²) in [6, 6.07) is 12.7. The topological polar surface area (TPSA) is 50.3 Å². The minimum Gasteiger partial charge on any atom is -0.497 e. The van der Waals surface area contributed by atoms with E-state index in [-0.39, 0.29) is 0 Å². The summed E-state index contributed by atoms with van der Waals surface area (Å²) >= 11 is 0. The highest BCUT2D eigenvalue weighted by Crippen LogP contribution is 2.22. The van der Waals surface area contributed by atoms with Crippen LogP contribution in [0.5, 0.6) is 5.75 Å². The summed E-state index contributed by atoms with van der Waals surface area (Å²) < 4.78 is 5.28. The second-order valence-electron chi connectivity index (χ2n) is 6.74. The zero-order valence-corrected chi connectivity index (χ0v) is 15.1. The largest absolute Gasteiger partial charge is 0.497 e. The van der Waals surface area contributed by atoms with Crippen LogP contribution in [0.4, 0.5) is 5.95 Å². The summed E-state index contributed by atoms with van der Waals surface area (Å²) in [6.07, 6.45) is 6.34. The second kappa shape index (κ2) is 7.70. The zero-order chi connectivity index (χ0) is 17.8. The quantitative estimate of drug-likeness (QED) is 0.738. The van der Waals surface area contributed by atoms with Crippen LogP contribution in [0.15, 0.2) is 48.8 Å². The van der Waals surface area contributed by atoms with Crippen molar-refractivity contribution in [3.8, 4) is 5.75 Å². The molecule has 0 aliphatic carbocycles. The zero-order valence-electron chi connectivity index (χ0n) is 15.1. The number of anilines is 1. The van der Waals surface area contributed by atoms with Gasteiger partial charge in [0.15, 0.2) is 0 Å². The van der Waals surface area contributed by atoms with Gasteiger partial charge >= 0.3 is 0 Å². The molecule has 0 saturated carbocycles. The summed E-state index contributed by atoms with van der Waals surface area (Å²) in [6.45, 7) is 3.73. The van der Waals surface area contributed by atoms with Crippen molar-refractivity contribution in [1.29, 1.82) is 0 Å². The number of rotatable bonds is 6. The highest BCUT2D eigenvalue weighted by molar-refractivity contribution is 5.84. The Bertz CT molecular complexity index is 873. The van der Waals surface area contributed by atoms with Crippen molar-refractivity contribution in [3.63, 3.8) is 0 Å². The molecule has 0 radical (unpaired) electrons. The predicted octanol–water partition coefficient (Wildman–Crippen LogP) is 3.53. The van der Waals surface area contributed by atoms with Gasteiger partial charge < -0.3 is 15.0 Å². The fourth-order valence-electron chi connectivity index (χ4n) is 3.38. The van der Waals surface area contributed by atoms with Gasteiger partial charge in [0.2, 0.25) is 5.95 Å². The second-order valence-corrected chi connectivity index (χ2v) is 6.74. The predicted molar refractivity (Wildman–Crippen MR) is 105 cm³/mol. The molecule has 0 unspecified atom stereocenters. The third-order valence-electron chi connectivity index (χ3n) is 4.85. The van der Waals surface area contributed by atoms with Crippen molar-refractivity contribution < 1.29 is 4.74 Å². The van der Waals surface area contributed by atoms with E-state index in [4.69, 9.17) is 4.74 Å². The highest BCUT2D eigenvalue weighted by Gasteiger charge is 2.14. The number of nitrogens with zero attached hydrogens (tertiary/aromatic N) is 3. The molecule has 1 aromatic heterocycles. The Morgan fingerprint density at radius 1 is 0.923 bits per heavy atom. The molecule has 1 N–H and O–H groups in total. The van der Waals surface area contributed by atoms with Crippen molar-refractivity contribution in [2.45, 2.75) is 25.9 Å². The number of aromatic nitrogens is 2. The lowest BCUT2D eigenvalue weighted by Crippen LogP contribution is -2.20. The van der Waals surface area contributed by atoms with E-state index < -0.39 is 0 Å². The number of methoxy groups -OCH3 is 1. The molecule has 26 heavy (non-hydrogen) atoms. The summed E-state index contributed by atoms with van der Waals surface area (Å²) in [7, 11) is 1.70. The maximum atomic E-state index is 5.28. The molecule has 4 rings (SSSR count). The minimum absolute atomic E-state index is 0.765. The summed E-state index contributed by atoms with van der Waals surface area (Å²) in [5, 5.41) is 5.89. The third-order valence-corrected chi connectivity index (χ3v) is 4.85. The molecule has 134 valence electrons. The first-order valence-electron chi connectivity index (χ1n) is 9.15. The van der Waals surface area contributed by atoms with Crippen LogP contribution >= 0.6 is 0 Å². The van der Waals surface area contributed by atoms with Crippen LogP contribution in [-0.4, -0.2) is 30.2 Å². The van der Waals surface area contributed by atoms with Crippen LogP contribution in [0.25, 0.3) is 10.8 Å². The van der Waals surface area contributed by atoms with E-state index in [1.54, 1.807) is 7.11 Å². The molecule has 0 bridgehead atoms. The molecular weight excluding hydrogens is 324 g/mol. The maximum Gasteiger partial charge on any atom is 0.225 e. The fraction of sp³-hybridized carbons (Fsp3) is 0.333. The first kappa shape index (κ1) is 16.8. The fourth-order valence-corrected chi connectivity index (χ4v) is 3.38. The Labute approximate surface area is 154 Å². The molecule has 0 amide bonds. The lowest BCUT2D eigenvalue weighted by molar-refractivity contribution is 0.415. The molecule has 1 aliphatic heterocycles. The van der Waals surface area contributed by atoms with Crippen LogP contribution in [-0.2, 0) is 13.1 Å². The van der Waals surface area contributed by atoms with Gasteiger partial charge in [0, 0.05) is 44.1 Å². The van der Waals surface area contributed by atoms with Gasteiger partial charge in [-0.05, 0) is 47.4 Å². The van der Waals surface area contributed by atoms with Crippen molar-refractivity contribution >= 4 is 16.7 Å². The van der Waals surface area contributed by atoms with E-state index in [0.717, 1.165) is 43.4 Å². The Balaban J connectivity index is 1.34. The van der Waals surface area contributed by atoms with Gasteiger partial charge in [-0.1, -0.05) is 18.2 Å². The molecule has 0 atom stereocenters. The molecule has 1 saturated heterocycles. The summed E-state index contributed by atoms with van der Waals surface area (Å²) in [5.41, 5.74) is 2.37. The van der Waals surface area contributed by atoms with Crippen molar-refractivity contribution in [2.75, 3.05) is 25.1 Å². The molecule has 1 fully saturated rings. The van der Waals surface area contributed by atoms with E-state index in [1.165, 1.54) is 29.2 Å². The number of nitrogens with one attached hydrogen (secondary N) is 1. The van der Waals surface area contributed by atoms with Crippen LogP contribution in [0.2, 0.25) is 0 Å². The Morgan fingerprint density at radius 2 is 1.62 bits per heavy atom. The standard InChI is InChI=1S/C21H24N4O/c1-26-20-7-6-18-10-16(4-5-19(18)11-20)12-22-13-17-14-23-21(24-15-17)25-8-2-3-9-25/h4-7,10-11,14-15,22H,2-3,8-9,12-13H2,1H3. The molecule has 5 heteroatoms. The summed E-state index contributed by atoms with van der Waals surface area (Å²) in [5.74, 6) is 1.75. The van der Waals surface area contributed by atoms with E-state index >= 15 is 0 Å². The van der Waals surface area contributed by atoms with Gasteiger partial charge in [0.25, 0.3) is 0 Å². The third kappa shape index (κ3) is 3.78. The normalized spacial score (nSPS) is 14.1. The Hall–Kier alpha value is -2.66. The van der Waals surface area contributed by atoms with Gasteiger partial charge in [-0.3, -0.25) is 0 Å². The number of hydrogen-bond acceptors (Lipinski definition) is 5. The molecule has 1 aliphatic rings. The molecule has 3 aromatic rings. The van der Waals surface area contributed by atoms with Crippen LogP contribution in [0, 0.1) is 0 Å². The Morgan fingerprint density at radius 3 is 2.38 bits per heavy atom. The van der Waals surface area contributed by atoms with E-state index in [2.05, 4.69) is 50.5 Å². The van der Waals surface area contributed by atoms with Crippen LogP contribution < -0.4 is 15.0 Å². The number of fused-ring (bicyclic) bond motifs is 1. The molecular formula is C21H24N4O. The lowest BCUT2D eigenvalue weighted by atomic mass is 10.1. The van der Waals surface area contributed by atoms with Gasteiger partial charge in [-0.2, -0.15) is 0 Å².